The van der Waals surface area contributed by atoms with Gasteiger partial charge in [0.25, 0.3) is 0 Å². The van der Waals surface area contributed by atoms with Crippen LogP contribution in [0.15, 0.2) is 46.6 Å². The van der Waals surface area contributed by atoms with Gasteiger partial charge in [-0.2, -0.15) is 0 Å². The first kappa shape index (κ1) is 16.1. The average molecular weight is 399 g/mol. The molecule has 1 fully saturated rings. The molecule has 0 aromatic heterocycles. The lowest BCUT2D eigenvalue weighted by atomic mass is 10.1. The smallest absolute Gasteiger partial charge is 0.314 e. The fourth-order valence-corrected chi connectivity index (χ4v) is 3.15. The number of Topliss-reactive ketones (excluding diaryl/α,β-unsaturated/α-hetero) is 1. The van der Waals surface area contributed by atoms with Crippen molar-refractivity contribution in [3.63, 3.8) is 0 Å². The van der Waals surface area contributed by atoms with Gasteiger partial charge in [0.05, 0.1) is 11.5 Å². The maximum absolute atomic E-state index is 12.6. The fourth-order valence-electron chi connectivity index (χ4n) is 2.74. The molecule has 4 nitrogen and oxygen atoms in total. The molecule has 0 bridgehead atoms. The Morgan fingerprint density at radius 3 is 2.80 bits per heavy atom. The van der Waals surface area contributed by atoms with Crippen LogP contribution in [-0.4, -0.2) is 11.8 Å². The summed E-state index contributed by atoms with van der Waals surface area (Å²) in [6.45, 7) is 1.80. The minimum Gasteiger partial charge on any atom is -0.452 e. The molecule has 1 heterocycles. The number of rotatable bonds is 3. The molecule has 2 aromatic rings. The molecule has 0 N–H and O–H groups in total. The number of benzene rings is 2. The summed E-state index contributed by atoms with van der Waals surface area (Å²) in [5, 5.41) is 0. The second-order valence-electron chi connectivity index (χ2n) is 6.26. The number of fused-ring (bicyclic) bond motifs is 1. The van der Waals surface area contributed by atoms with Gasteiger partial charge in [-0.1, -0.05) is 28.1 Å². The van der Waals surface area contributed by atoms with E-state index in [1.54, 1.807) is 25.1 Å². The molecule has 0 saturated heterocycles. The molecule has 1 aliphatic heterocycles. The highest BCUT2D eigenvalue weighted by atomic mass is 79.9. The molecule has 0 atom stereocenters. The van der Waals surface area contributed by atoms with Gasteiger partial charge >= 0.3 is 5.97 Å². The zero-order chi connectivity index (χ0) is 17.6. The Hall–Kier alpha value is -2.40. The third-order valence-electron chi connectivity index (χ3n) is 4.30. The summed E-state index contributed by atoms with van der Waals surface area (Å²) >= 11 is 3.41. The highest BCUT2D eigenvalue weighted by molar-refractivity contribution is 9.10. The van der Waals surface area contributed by atoms with Crippen LogP contribution in [0.3, 0.4) is 0 Å². The van der Waals surface area contributed by atoms with Gasteiger partial charge in [0.1, 0.15) is 11.5 Å². The molecule has 0 amide bonds. The Kier molecular flexibility index (Phi) is 3.96. The number of hydrogen-bond acceptors (Lipinski definition) is 4. The number of ether oxygens (including phenoxy) is 2. The first-order valence-electron chi connectivity index (χ1n) is 8.08. The number of carbonyl (C=O) groups excluding carboxylic acids is 2. The van der Waals surface area contributed by atoms with Gasteiger partial charge in [0.15, 0.2) is 5.76 Å². The Labute approximate surface area is 153 Å². The van der Waals surface area contributed by atoms with Crippen molar-refractivity contribution in [2.24, 2.45) is 5.92 Å². The maximum atomic E-state index is 12.6. The zero-order valence-corrected chi connectivity index (χ0v) is 15.1. The summed E-state index contributed by atoms with van der Waals surface area (Å²) in [7, 11) is 0. The first-order valence-corrected chi connectivity index (χ1v) is 8.87. The Balaban J connectivity index is 1.64. The molecule has 0 unspecified atom stereocenters. The number of carbonyl (C=O) groups is 2. The van der Waals surface area contributed by atoms with Gasteiger partial charge in [-0.05, 0) is 55.7 Å². The van der Waals surface area contributed by atoms with E-state index in [-0.39, 0.29) is 23.4 Å². The molecule has 25 heavy (non-hydrogen) atoms. The van der Waals surface area contributed by atoms with Crippen molar-refractivity contribution in [3.8, 4) is 11.5 Å². The molecule has 4 rings (SSSR count). The van der Waals surface area contributed by atoms with E-state index >= 15 is 0 Å². The van der Waals surface area contributed by atoms with E-state index in [0.717, 1.165) is 22.9 Å². The van der Waals surface area contributed by atoms with Gasteiger partial charge in [0.2, 0.25) is 5.78 Å². The van der Waals surface area contributed by atoms with Crippen molar-refractivity contribution >= 4 is 33.8 Å². The number of esters is 1. The second-order valence-corrected chi connectivity index (χ2v) is 7.17. The third-order valence-corrected chi connectivity index (χ3v) is 4.80. The van der Waals surface area contributed by atoms with Crippen LogP contribution in [0.2, 0.25) is 0 Å². The van der Waals surface area contributed by atoms with E-state index in [2.05, 4.69) is 15.9 Å². The standard InChI is InChI=1S/C20H15BrO4/c1-11-16(25-20(23)13-5-6-13)8-7-15-18(22)17(24-19(11)15)10-12-3-2-4-14(21)9-12/h2-4,7-10,13H,5-6H2,1H3/b17-10-. The highest BCUT2D eigenvalue weighted by Crippen LogP contribution is 2.40. The summed E-state index contributed by atoms with van der Waals surface area (Å²) in [5.74, 6) is 0.818. The van der Waals surface area contributed by atoms with E-state index < -0.39 is 0 Å². The third kappa shape index (κ3) is 3.12. The molecule has 0 radical (unpaired) electrons. The summed E-state index contributed by atoms with van der Waals surface area (Å²) in [5.41, 5.74) is 2.02. The molecule has 1 aliphatic carbocycles. The van der Waals surface area contributed by atoms with E-state index in [0.29, 0.717) is 22.6 Å². The van der Waals surface area contributed by atoms with Gasteiger partial charge in [-0.25, -0.2) is 0 Å². The molecular weight excluding hydrogens is 384 g/mol. The van der Waals surface area contributed by atoms with Gasteiger partial charge in [-0.3, -0.25) is 9.59 Å². The molecule has 2 aliphatic rings. The van der Waals surface area contributed by atoms with Gasteiger partial charge < -0.3 is 9.47 Å². The summed E-state index contributed by atoms with van der Waals surface area (Å²) in [4.78, 5) is 24.5. The molecule has 5 heteroatoms. The van der Waals surface area contributed by atoms with Crippen LogP contribution in [-0.2, 0) is 4.79 Å². The minimum atomic E-state index is -0.211. The van der Waals surface area contributed by atoms with Crippen molar-refractivity contribution in [2.45, 2.75) is 19.8 Å². The Morgan fingerprint density at radius 1 is 1.28 bits per heavy atom. The number of hydrogen-bond donors (Lipinski definition) is 0. The minimum absolute atomic E-state index is 0.0159. The lowest BCUT2D eigenvalue weighted by Crippen LogP contribution is -2.10. The topological polar surface area (TPSA) is 52.6 Å². The first-order chi connectivity index (χ1) is 12.0. The zero-order valence-electron chi connectivity index (χ0n) is 13.5. The van der Waals surface area contributed by atoms with E-state index in [1.807, 2.05) is 24.3 Å². The van der Waals surface area contributed by atoms with Crippen LogP contribution < -0.4 is 9.47 Å². The molecule has 2 aromatic carbocycles. The van der Waals surface area contributed by atoms with Gasteiger partial charge in [0, 0.05) is 10.0 Å². The lowest BCUT2D eigenvalue weighted by molar-refractivity contribution is -0.135. The monoisotopic (exact) mass is 398 g/mol. The summed E-state index contributed by atoms with van der Waals surface area (Å²) in [6, 6.07) is 10.9. The van der Waals surface area contributed by atoms with E-state index in [4.69, 9.17) is 9.47 Å². The summed E-state index contributed by atoms with van der Waals surface area (Å²) in [6.07, 6.45) is 3.48. The average Bonchev–Trinajstić information content (AvgIpc) is 3.38. The van der Waals surface area contributed by atoms with Crippen molar-refractivity contribution in [1.29, 1.82) is 0 Å². The predicted octanol–water partition coefficient (Wildman–Crippen LogP) is 4.69. The van der Waals surface area contributed by atoms with Crippen LogP contribution in [0.1, 0.15) is 34.3 Å². The van der Waals surface area contributed by atoms with Crippen LogP contribution >= 0.6 is 15.9 Å². The predicted molar refractivity (Wildman–Crippen MR) is 96.6 cm³/mol. The van der Waals surface area contributed by atoms with Crippen molar-refractivity contribution in [3.05, 3.63) is 63.3 Å². The fraction of sp³-hybridized carbons (Fsp3) is 0.200. The Morgan fingerprint density at radius 2 is 2.08 bits per heavy atom. The highest BCUT2D eigenvalue weighted by Gasteiger charge is 2.34. The van der Waals surface area contributed by atoms with E-state index in [1.165, 1.54) is 0 Å². The molecule has 0 spiro atoms. The molecule has 126 valence electrons. The number of halogens is 1. The molecular formula is C20H15BrO4. The number of allylic oxidation sites excluding steroid dienone is 1. The Bertz CT molecular complexity index is 925. The molecule has 1 saturated carbocycles. The quantitative estimate of drug-likeness (QED) is 0.427. The normalized spacial score (nSPS) is 17.4. The van der Waals surface area contributed by atoms with Crippen molar-refractivity contribution in [2.75, 3.05) is 0 Å². The lowest BCUT2D eigenvalue weighted by Gasteiger charge is -2.09. The SMILES string of the molecule is Cc1c(OC(=O)C2CC2)ccc2c1O/C(=C\c1cccc(Br)c1)C2=O. The van der Waals surface area contributed by atoms with Gasteiger partial charge in [-0.15, -0.1) is 0 Å². The maximum Gasteiger partial charge on any atom is 0.314 e. The van der Waals surface area contributed by atoms with E-state index in [9.17, 15) is 9.59 Å². The van der Waals surface area contributed by atoms with Crippen LogP contribution in [0.4, 0.5) is 0 Å². The second kappa shape index (κ2) is 6.15. The summed E-state index contributed by atoms with van der Waals surface area (Å²) < 4.78 is 12.2. The van der Waals surface area contributed by atoms with Crippen molar-refractivity contribution in [1.82, 2.24) is 0 Å². The van der Waals surface area contributed by atoms with Crippen LogP contribution in [0.25, 0.3) is 6.08 Å². The van der Waals surface area contributed by atoms with Crippen LogP contribution in [0.5, 0.6) is 11.5 Å². The van der Waals surface area contributed by atoms with Crippen LogP contribution in [0, 0.1) is 12.8 Å². The largest absolute Gasteiger partial charge is 0.452 e. The van der Waals surface area contributed by atoms with Crippen molar-refractivity contribution < 1.29 is 19.1 Å². The number of ketones is 1.